The van der Waals surface area contributed by atoms with Crippen molar-refractivity contribution < 1.29 is 19.1 Å². The van der Waals surface area contributed by atoms with Crippen LogP contribution >= 0.6 is 11.6 Å². The summed E-state index contributed by atoms with van der Waals surface area (Å²) in [5.74, 6) is 0.234. The molecule has 0 aromatic heterocycles. The summed E-state index contributed by atoms with van der Waals surface area (Å²) in [4.78, 5) is 24.3. The van der Waals surface area contributed by atoms with Crippen LogP contribution in [0.25, 0.3) is 6.08 Å². The highest BCUT2D eigenvalue weighted by molar-refractivity contribution is 6.34. The zero-order valence-electron chi connectivity index (χ0n) is 15.6. The molecule has 0 aliphatic heterocycles. The van der Waals surface area contributed by atoms with E-state index in [-0.39, 0.29) is 5.91 Å². The van der Waals surface area contributed by atoms with Crippen molar-refractivity contribution in [2.45, 2.75) is 0 Å². The molecule has 0 unspecified atom stereocenters. The number of benzene rings is 3. The van der Waals surface area contributed by atoms with Crippen LogP contribution in [0.5, 0.6) is 11.5 Å². The van der Waals surface area contributed by atoms with Crippen molar-refractivity contribution in [3.05, 3.63) is 95.0 Å². The maximum absolute atomic E-state index is 12.3. The zero-order chi connectivity index (χ0) is 20.6. The minimum atomic E-state index is -0.513. The Labute approximate surface area is 173 Å². The van der Waals surface area contributed by atoms with Crippen LogP contribution in [-0.4, -0.2) is 19.0 Å². The number of carbonyl (C=O) groups is 2. The maximum Gasteiger partial charge on any atom is 0.336 e. The quantitative estimate of drug-likeness (QED) is 0.345. The smallest absolute Gasteiger partial charge is 0.336 e. The molecule has 3 aromatic carbocycles. The zero-order valence-corrected chi connectivity index (χ0v) is 16.3. The Kier molecular flexibility index (Phi) is 6.66. The van der Waals surface area contributed by atoms with E-state index in [1.807, 2.05) is 18.2 Å². The van der Waals surface area contributed by atoms with E-state index in [0.29, 0.717) is 27.8 Å². The lowest BCUT2D eigenvalue weighted by Gasteiger charge is -2.07. The molecule has 0 bridgehead atoms. The molecule has 0 spiro atoms. The van der Waals surface area contributed by atoms with E-state index in [4.69, 9.17) is 21.1 Å². The first-order valence-electron chi connectivity index (χ1n) is 8.75. The summed E-state index contributed by atoms with van der Waals surface area (Å²) < 4.78 is 10.4. The van der Waals surface area contributed by atoms with Gasteiger partial charge in [0.2, 0.25) is 0 Å². The second-order valence-electron chi connectivity index (χ2n) is 5.99. The van der Waals surface area contributed by atoms with Crippen molar-refractivity contribution >= 4 is 35.2 Å². The molecular formula is C23H18ClNO4. The summed E-state index contributed by atoms with van der Waals surface area (Å²) in [7, 11) is 1.58. The van der Waals surface area contributed by atoms with Crippen molar-refractivity contribution in [2.24, 2.45) is 0 Å². The molecule has 1 amide bonds. The summed E-state index contributed by atoms with van der Waals surface area (Å²) in [6.07, 6.45) is 2.98. The Bertz CT molecular complexity index is 1040. The van der Waals surface area contributed by atoms with Gasteiger partial charge in [0.25, 0.3) is 5.91 Å². The molecule has 0 aliphatic carbocycles. The number of esters is 1. The first-order valence-corrected chi connectivity index (χ1v) is 9.13. The van der Waals surface area contributed by atoms with Gasteiger partial charge in [0.15, 0.2) is 0 Å². The largest absolute Gasteiger partial charge is 0.497 e. The normalized spacial score (nSPS) is 10.6. The SMILES string of the molecule is COc1cccc(/C=C/C(=O)Oc2ccc(NC(=O)c3ccccc3Cl)cc2)c1. The highest BCUT2D eigenvalue weighted by atomic mass is 35.5. The molecule has 29 heavy (non-hydrogen) atoms. The third-order valence-electron chi connectivity index (χ3n) is 3.95. The molecule has 0 radical (unpaired) electrons. The summed E-state index contributed by atoms with van der Waals surface area (Å²) in [5.41, 5.74) is 1.76. The molecule has 3 rings (SSSR count). The number of nitrogens with one attached hydrogen (secondary N) is 1. The molecule has 3 aromatic rings. The second kappa shape index (κ2) is 9.57. The highest BCUT2D eigenvalue weighted by Gasteiger charge is 2.10. The van der Waals surface area contributed by atoms with Gasteiger partial charge < -0.3 is 14.8 Å². The molecule has 5 nitrogen and oxygen atoms in total. The lowest BCUT2D eigenvalue weighted by molar-refractivity contribution is -0.128. The van der Waals surface area contributed by atoms with Crippen LogP contribution in [0.15, 0.2) is 78.9 Å². The van der Waals surface area contributed by atoms with E-state index in [9.17, 15) is 9.59 Å². The van der Waals surface area contributed by atoms with Gasteiger partial charge in [0.1, 0.15) is 11.5 Å². The van der Waals surface area contributed by atoms with Crippen LogP contribution in [-0.2, 0) is 4.79 Å². The third-order valence-corrected chi connectivity index (χ3v) is 4.28. The van der Waals surface area contributed by atoms with Gasteiger partial charge in [-0.3, -0.25) is 4.79 Å². The van der Waals surface area contributed by atoms with Gasteiger partial charge in [-0.1, -0.05) is 35.9 Å². The molecule has 0 fully saturated rings. The minimum Gasteiger partial charge on any atom is -0.497 e. The van der Waals surface area contributed by atoms with E-state index >= 15 is 0 Å². The molecule has 0 aliphatic rings. The standard InChI is InChI=1S/C23H18ClNO4/c1-28-19-6-4-5-16(15-19)9-14-22(26)29-18-12-10-17(11-13-18)25-23(27)20-7-2-3-8-21(20)24/h2-15H,1H3,(H,25,27)/b14-9+. The first kappa shape index (κ1) is 20.2. The third kappa shape index (κ3) is 5.70. The summed E-state index contributed by atoms with van der Waals surface area (Å²) in [5, 5.41) is 3.12. The van der Waals surface area contributed by atoms with Crippen LogP contribution in [0, 0.1) is 0 Å². The molecular weight excluding hydrogens is 390 g/mol. The topological polar surface area (TPSA) is 64.6 Å². The fourth-order valence-corrected chi connectivity index (χ4v) is 2.73. The molecule has 146 valence electrons. The summed E-state index contributed by atoms with van der Waals surface area (Å²) in [6, 6.07) is 20.6. The molecule has 6 heteroatoms. The number of hydrogen-bond donors (Lipinski definition) is 1. The number of hydrogen-bond acceptors (Lipinski definition) is 4. The Balaban J connectivity index is 1.58. The average molecular weight is 408 g/mol. The Morgan fingerprint density at radius 2 is 1.69 bits per heavy atom. The molecule has 0 atom stereocenters. The van der Waals surface area contributed by atoms with Crippen LogP contribution in [0.4, 0.5) is 5.69 Å². The van der Waals surface area contributed by atoms with Crippen molar-refractivity contribution in [2.75, 3.05) is 12.4 Å². The Morgan fingerprint density at radius 1 is 0.931 bits per heavy atom. The number of halogens is 1. The number of amides is 1. The fourth-order valence-electron chi connectivity index (χ4n) is 2.51. The van der Waals surface area contributed by atoms with E-state index in [0.717, 1.165) is 5.56 Å². The molecule has 0 heterocycles. The lowest BCUT2D eigenvalue weighted by atomic mass is 10.2. The number of rotatable bonds is 6. The van der Waals surface area contributed by atoms with E-state index in [2.05, 4.69) is 5.32 Å². The van der Waals surface area contributed by atoms with Crippen LogP contribution in [0.1, 0.15) is 15.9 Å². The van der Waals surface area contributed by atoms with E-state index < -0.39 is 5.97 Å². The molecule has 0 saturated carbocycles. The van der Waals surface area contributed by atoms with Gasteiger partial charge in [-0.05, 0) is 60.2 Å². The second-order valence-corrected chi connectivity index (χ2v) is 6.40. The number of methoxy groups -OCH3 is 1. The number of ether oxygens (including phenoxy) is 2. The van der Waals surface area contributed by atoms with Crippen molar-refractivity contribution in [1.82, 2.24) is 0 Å². The predicted molar refractivity (Wildman–Crippen MR) is 114 cm³/mol. The van der Waals surface area contributed by atoms with Gasteiger partial charge in [-0.15, -0.1) is 0 Å². The summed E-state index contributed by atoms with van der Waals surface area (Å²) >= 11 is 6.03. The maximum atomic E-state index is 12.3. The van der Waals surface area contributed by atoms with Gasteiger partial charge in [0.05, 0.1) is 17.7 Å². The lowest BCUT2D eigenvalue weighted by Crippen LogP contribution is -2.12. The monoisotopic (exact) mass is 407 g/mol. The summed E-state index contributed by atoms with van der Waals surface area (Å²) in [6.45, 7) is 0. The minimum absolute atomic E-state index is 0.318. The molecule has 0 saturated heterocycles. The van der Waals surface area contributed by atoms with E-state index in [1.165, 1.54) is 6.08 Å². The number of carbonyl (C=O) groups excluding carboxylic acids is 2. The Morgan fingerprint density at radius 3 is 2.41 bits per heavy atom. The van der Waals surface area contributed by atoms with Crippen molar-refractivity contribution in [3.8, 4) is 11.5 Å². The highest BCUT2D eigenvalue weighted by Crippen LogP contribution is 2.20. The predicted octanol–water partition coefficient (Wildman–Crippen LogP) is 5.22. The van der Waals surface area contributed by atoms with Crippen LogP contribution in [0.2, 0.25) is 5.02 Å². The van der Waals surface area contributed by atoms with Crippen molar-refractivity contribution in [3.63, 3.8) is 0 Å². The van der Waals surface area contributed by atoms with Crippen molar-refractivity contribution in [1.29, 1.82) is 0 Å². The van der Waals surface area contributed by atoms with Crippen LogP contribution in [0.3, 0.4) is 0 Å². The average Bonchev–Trinajstić information content (AvgIpc) is 2.74. The van der Waals surface area contributed by atoms with E-state index in [1.54, 1.807) is 67.8 Å². The van der Waals surface area contributed by atoms with Gasteiger partial charge in [0, 0.05) is 11.8 Å². The fraction of sp³-hybridized carbons (Fsp3) is 0.0435. The van der Waals surface area contributed by atoms with Gasteiger partial charge >= 0.3 is 5.97 Å². The molecule has 1 N–H and O–H groups in total. The van der Waals surface area contributed by atoms with Gasteiger partial charge in [-0.25, -0.2) is 4.79 Å². The number of anilines is 1. The van der Waals surface area contributed by atoms with Crippen LogP contribution < -0.4 is 14.8 Å². The Hall–Kier alpha value is -3.57. The first-order chi connectivity index (χ1) is 14.0. The van der Waals surface area contributed by atoms with Gasteiger partial charge in [-0.2, -0.15) is 0 Å².